The fraction of sp³-hybridized carbons (Fsp3) is 0.0769. The third-order valence-electron chi connectivity index (χ3n) is 2.69. The molecule has 0 fully saturated rings. The van der Waals surface area contributed by atoms with Crippen LogP contribution in [0.1, 0.15) is 5.56 Å². The Labute approximate surface area is 135 Å². The Balaban J connectivity index is 2.45. The molecule has 8 heteroatoms. The molecule has 5 nitrogen and oxygen atoms in total. The van der Waals surface area contributed by atoms with Crippen LogP contribution in [-0.4, -0.2) is 4.92 Å². The lowest BCUT2D eigenvalue weighted by molar-refractivity contribution is -0.384. The lowest BCUT2D eigenvalue weighted by Crippen LogP contribution is -2.01. The van der Waals surface area contributed by atoms with Crippen LogP contribution in [0, 0.1) is 10.1 Å². The zero-order valence-corrected chi connectivity index (χ0v) is 12.7. The highest BCUT2D eigenvalue weighted by molar-refractivity contribution is 6.37. The highest BCUT2D eigenvalue weighted by atomic mass is 35.5. The molecular weight excluding hydrogens is 339 g/mol. The van der Waals surface area contributed by atoms with Crippen LogP contribution in [-0.2, 0) is 6.54 Å². The van der Waals surface area contributed by atoms with E-state index in [9.17, 15) is 10.1 Å². The van der Waals surface area contributed by atoms with Gasteiger partial charge in [0.05, 0.1) is 15.0 Å². The van der Waals surface area contributed by atoms with Crippen molar-refractivity contribution in [3.63, 3.8) is 0 Å². The normalized spacial score (nSPS) is 10.5. The fourth-order valence-corrected chi connectivity index (χ4v) is 2.49. The Morgan fingerprint density at radius 2 is 1.76 bits per heavy atom. The number of halogens is 3. The van der Waals surface area contributed by atoms with Gasteiger partial charge in [0, 0.05) is 29.3 Å². The number of nitro benzene ring substituents is 1. The molecule has 0 spiro atoms. The highest BCUT2D eigenvalue weighted by Gasteiger charge is 2.18. The second-order valence-corrected chi connectivity index (χ2v) is 5.24. The van der Waals surface area contributed by atoms with Gasteiger partial charge in [0.15, 0.2) is 5.75 Å². The molecule has 2 aromatic carbocycles. The van der Waals surface area contributed by atoms with Crippen molar-refractivity contribution in [1.82, 2.24) is 0 Å². The van der Waals surface area contributed by atoms with Crippen molar-refractivity contribution in [2.24, 2.45) is 5.73 Å². The minimum Gasteiger partial charge on any atom is -0.454 e. The molecule has 2 N–H and O–H groups in total. The Hall–Kier alpha value is -1.53. The van der Waals surface area contributed by atoms with E-state index in [1.54, 1.807) is 18.2 Å². The van der Waals surface area contributed by atoms with Crippen molar-refractivity contribution >= 4 is 40.5 Å². The summed E-state index contributed by atoms with van der Waals surface area (Å²) in [5.74, 6) is 0.503. The van der Waals surface area contributed by atoms with E-state index in [1.807, 2.05) is 0 Å². The predicted molar refractivity (Wildman–Crippen MR) is 82.5 cm³/mol. The third kappa shape index (κ3) is 3.39. The molecule has 0 heterocycles. The topological polar surface area (TPSA) is 78.4 Å². The van der Waals surface area contributed by atoms with Crippen LogP contribution in [0.2, 0.25) is 15.1 Å². The fourth-order valence-electron chi connectivity index (χ4n) is 1.69. The van der Waals surface area contributed by atoms with E-state index in [-0.39, 0.29) is 28.0 Å². The van der Waals surface area contributed by atoms with Crippen LogP contribution in [0.15, 0.2) is 30.3 Å². The van der Waals surface area contributed by atoms with E-state index in [0.29, 0.717) is 16.3 Å². The average Bonchev–Trinajstić information content (AvgIpc) is 2.42. The van der Waals surface area contributed by atoms with E-state index >= 15 is 0 Å². The maximum absolute atomic E-state index is 10.7. The molecular formula is C13H9Cl3N2O3. The zero-order chi connectivity index (χ0) is 15.6. The molecule has 0 aliphatic heterocycles. The van der Waals surface area contributed by atoms with Crippen molar-refractivity contribution in [2.45, 2.75) is 6.54 Å². The van der Waals surface area contributed by atoms with Gasteiger partial charge in [0.2, 0.25) is 0 Å². The molecule has 0 saturated heterocycles. The summed E-state index contributed by atoms with van der Waals surface area (Å²) in [5, 5.41) is 11.2. The van der Waals surface area contributed by atoms with E-state index < -0.39 is 4.92 Å². The number of rotatable bonds is 4. The number of benzene rings is 2. The van der Waals surface area contributed by atoms with E-state index in [4.69, 9.17) is 45.3 Å². The van der Waals surface area contributed by atoms with Crippen molar-refractivity contribution in [2.75, 3.05) is 0 Å². The summed E-state index contributed by atoms with van der Waals surface area (Å²) in [5.41, 5.74) is 5.99. The van der Waals surface area contributed by atoms with Crippen LogP contribution >= 0.6 is 34.8 Å². The van der Waals surface area contributed by atoms with Gasteiger partial charge in [-0.05, 0) is 12.1 Å². The van der Waals surface area contributed by atoms with Gasteiger partial charge >= 0.3 is 0 Å². The third-order valence-corrected chi connectivity index (χ3v) is 3.60. The second kappa shape index (κ2) is 6.49. The molecule has 0 atom stereocenters. The maximum atomic E-state index is 10.7. The lowest BCUT2D eigenvalue weighted by Gasteiger charge is -2.13. The van der Waals surface area contributed by atoms with Gasteiger partial charge in [-0.2, -0.15) is 0 Å². The molecule has 0 aromatic heterocycles. The molecule has 0 saturated carbocycles. The van der Waals surface area contributed by atoms with Gasteiger partial charge in [-0.1, -0.05) is 40.9 Å². The number of nitrogens with two attached hydrogens (primary N) is 1. The first-order chi connectivity index (χ1) is 9.93. The zero-order valence-electron chi connectivity index (χ0n) is 10.5. The summed E-state index contributed by atoms with van der Waals surface area (Å²) in [6, 6.07) is 7.34. The summed E-state index contributed by atoms with van der Waals surface area (Å²) in [6.07, 6.45) is 0. The molecule has 0 aliphatic rings. The lowest BCUT2D eigenvalue weighted by atomic mass is 10.2. The monoisotopic (exact) mass is 346 g/mol. The molecule has 0 amide bonds. The van der Waals surface area contributed by atoms with E-state index in [1.165, 1.54) is 0 Å². The summed E-state index contributed by atoms with van der Waals surface area (Å²) in [7, 11) is 0. The Morgan fingerprint density at radius 3 is 2.29 bits per heavy atom. The highest BCUT2D eigenvalue weighted by Crippen LogP contribution is 2.40. The van der Waals surface area contributed by atoms with Crippen LogP contribution in [0.5, 0.6) is 11.5 Å². The number of nitrogens with zero attached hydrogens (tertiary/aromatic N) is 1. The average molecular weight is 348 g/mol. The van der Waals surface area contributed by atoms with E-state index in [0.717, 1.165) is 12.1 Å². The van der Waals surface area contributed by atoms with Gasteiger partial charge in [-0.15, -0.1) is 0 Å². The Bertz CT molecular complexity index is 684. The SMILES string of the molecule is NCc1c(Cl)cccc1Oc1c(Cl)cc([N+](=O)[O-])cc1Cl. The first-order valence-corrected chi connectivity index (χ1v) is 6.86. The number of non-ortho nitro benzene ring substituents is 1. The Kier molecular flexibility index (Phi) is 4.90. The van der Waals surface area contributed by atoms with Gasteiger partial charge in [0.1, 0.15) is 5.75 Å². The summed E-state index contributed by atoms with van der Waals surface area (Å²) in [4.78, 5) is 10.1. The first kappa shape index (κ1) is 15.9. The maximum Gasteiger partial charge on any atom is 0.272 e. The van der Waals surface area contributed by atoms with Gasteiger partial charge < -0.3 is 10.5 Å². The number of nitro groups is 1. The van der Waals surface area contributed by atoms with Crippen molar-refractivity contribution in [3.8, 4) is 11.5 Å². The molecule has 21 heavy (non-hydrogen) atoms. The smallest absolute Gasteiger partial charge is 0.272 e. The first-order valence-electron chi connectivity index (χ1n) is 5.72. The number of hydrogen-bond acceptors (Lipinski definition) is 4. The van der Waals surface area contributed by atoms with Crippen LogP contribution < -0.4 is 10.5 Å². The van der Waals surface area contributed by atoms with Crippen LogP contribution in [0.4, 0.5) is 5.69 Å². The molecule has 2 aromatic rings. The van der Waals surface area contributed by atoms with Crippen molar-refractivity contribution in [3.05, 3.63) is 61.1 Å². The summed E-state index contributed by atoms with van der Waals surface area (Å²) < 4.78 is 5.63. The molecule has 110 valence electrons. The van der Waals surface area contributed by atoms with Crippen molar-refractivity contribution < 1.29 is 9.66 Å². The second-order valence-electron chi connectivity index (χ2n) is 4.02. The molecule has 0 unspecified atom stereocenters. The molecule has 0 aliphatic carbocycles. The quantitative estimate of drug-likeness (QED) is 0.636. The molecule has 2 rings (SSSR count). The van der Waals surface area contributed by atoms with Gasteiger partial charge in [-0.3, -0.25) is 10.1 Å². The Morgan fingerprint density at radius 1 is 1.14 bits per heavy atom. The predicted octanol–water partition coefficient (Wildman–Crippen LogP) is 4.81. The van der Waals surface area contributed by atoms with Gasteiger partial charge in [-0.25, -0.2) is 0 Å². The number of hydrogen-bond donors (Lipinski definition) is 1. The summed E-state index contributed by atoms with van der Waals surface area (Å²) in [6.45, 7) is 0.164. The number of ether oxygens (including phenoxy) is 1. The standard InChI is InChI=1S/C13H9Cl3N2O3/c14-9-2-1-3-12(8(9)6-17)21-13-10(15)4-7(18(19)20)5-11(13)16/h1-5H,6,17H2. The van der Waals surface area contributed by atoms with E-state index in [2.05, 4.69) is 0 Å². The van der Waals surface area contributed by atoms with Gasteiger partial charge in [0.25, 0.3) is 5.69 Å². The molecule has 0 bridgehead atoms. The van der Waals surface area contributed by atoms with Crippen LogP contribution in [0.3, 0.4) is 0 Å². The summed E-state index contributed by atoms with van der Waals surface area (Å²) >= 11 is 18.0. The molecule has 0 radical (unpaired) electrons. The minimum atomic E-state index is -0.591. The van der Waals surface area contributed by atoms with Crippen molar-refractivity contribution in [1.29, 1.82) is 0 Å². The minimum absolute atomic E-state index is 0.0251. The van der Waals surface area contributed by atoms with Crippen LogP contribution in [0.25, 0.3) is 0 Å². The largest absolute Gasteiger partial charge is 0.454 e.